The molecule has 1 aromatic carbocycles. The molecule has 0 spiro atoms. The third-order valence-corrected chi connectivity index (χ3v) is 5.14. The number of aromatic nitrogens is 2. The first-order valence-electron chi connectivity index (χ1n) is 10.6. The van der Waals surface area contributed by atoms with Crippen LogP contribution < -0.4 is 10.1 Å². The van der Waals surface area contributed by atoms with Gasteiger partial charge in [-0.15, -0.1) is 0 Å². The number of amides is 2. The predicted molar refractivity (Wildman–Crippen MR) is 119 cm³/mol. The highest BCUT2D eigenvalue weighted by atomic mass is 16.6. The molecule has 168 valence electrons. The van der Waals surface area contributed by atoms with Gasteiger partial charge in [-0.1, -0.05) is 0 Å². The van der Waals surface area contributed by atoms with Crippen molar-refractivity contribution in [1.82, 2.24) is 14.7 Å². The molecule has 0 atom stereocenters. The number of nitrogens with zero attached hydrogens (tertiary/aromatic N) is 3. The minimum atomic E-state index is -0.483. The molecule has 0 saturated carbocycles. The van der Waals surface area contributed by atoms with Gasteiger partial charge in [0.15, 0.2) is 0 Å². The van der Waals surface area contributed by atoms with Crippen molar-refractivity contribution in [2.75, 3.05) is 25.0 Å². The topological polar surface area (TPSA) is 85.7 Å². The summed E-state index contributed by atoms with van der Waals surface area (Å²) in [5.74, 6) is 0.974. The molecule has 8 nitrogen and oxygen atoms in total. The SMILES string of the molecule is CC(=O)Nc1ccc(OCC2CCN(C(=O)OC(C)(C)C)CC2)c(-c2ccnn2C)c1. The van der Waals surface area contributed by atoms with Crippen molar-refractivity contribution < 1.29 is 19.1 Å². The van der Waals surface area contributed by atoms with E-state index in [1.807, 2.05) is 52.1 Å². The van der Waals surface area contributed by atoms with Crippen LogP contribution >= 0.6 is 0 Å². The quantitative estimate of drug-likeness (QED) is 0.776. The molecule has 1 aliphatic rings. The molecule has 2 amide bonds. The highest BCUT2D eigenvalue weighted by Gasteiger charge is 2.27. The highest BCUT2D eigenvalue weighted by molar-refractivity contribution is 5.90. The van der Waals surface area contributed by atoms with Crippen molar-refractivity contribution in [2.24, 2.45) is 13.0 Å². The zero-order chi connectivity index (χ0) is 22.6. The molecular weight excluding hydrogens is 396 g/mol. The molecule has 8 heteroatoms. The number of aryl methyl sites for hydroxylation is 1. The smallest absolute Gasteiger partial charge is 0.410 e. The number of nitrogens with one attached hydrogen (secondary N) is 1. The molecular formula is C23H32N4O4. The Morgan fingerprint density at radius 1 is 1.19 bits per heavy atom. The largest absolute Gasteiger partial charge is 0.493 e. The van der Waals surface area contributed by atoms with Crippen molar-refractivity contribution in [2.45, 2.75) is 46.1 Å². The molecule has 31 heavy (non-hydrogen) atoms. The van der Waals surface area contributed by atoms with Crippen molar-refractivity contribution >= 4 is 17.7 Å². The number of hydrogen-bond donors (Lipinski definition) is 1. The van der Waals surface area contributed by atoms with Crippen molar-refractivity contribution in [3.63, 3.8) is 0 Å². The summed E-state index contributed by atoms with van der Waals surface area (Å²) >= 11 is 0. The zero-order valence-corrected chi connectivity index (χ0v) is 19.0. The van der Waals surface area contributed by atoms with Crippen LogP contribution in [0.2, 0.25) is 0 Å². The Balaban J connectivity index is 1.64. The molecule has 1 N–H and O–H groups in total. The number of ether oxygens (including phenoxy) is 2. The van der Waals surface area contributed by atoms with Gasteiger partial charge in [0, 0.05) is 44.5 Å². The number of carbonyl (C=O) groups is 2. The summed E-state index contributed by atoms with van der Waals surface area (Å²) in [6, 6.07) is 7.53. The summed E-state index contributed by atoms with van der Waals surface area (Å²) in [6.07, 6.45) is 3.21. The lowest BCUT2D eigenvalue weighted by atomic mass is 9.98. The maximum absolute atomic E-state index is 12.3. The van der Waals surface area contributed by atoms with Gasteiger partial charge in [0.1, 0.15) is 11.4 Å². The van der Waals surface area contributed by atoms with Crippen LogP contribution in [0.1, 0.15) is 40.5 Å². The van der Waals surface area contributed by atoms with Gasteiger partial charge in [-0.05, 0) is 63.8 Å². The van der Waals surface area contributed by atoms with E-state index in [4.69, 9.17) is 9.47 Å². The molecule has 2 aromatic rings. The summed E-state index contributed by atoms with van der Waals surface area (Å²) in [5, 5.41) is 7.07. The number of rotatable bonds is 5. The maximum Gasteiger partial charge on any atom is 0.410 e. The van der Waals surface area contributed by atoms with Crippen LogP contribution in [0.4, 0.5) is 10.5 Å². The van der Waals surface area contributed by atoms with Gasteiger partial charge < -0.3 is 19.7 Å². The Hall–Kier alpha value is -3.03. The first-order valence-corrected chi connectivity index (χ1v) is 10.6. The second kappa shape index (κ2) is 9.41. The standard InChI is InChI=1S/C23H32N4O4/c1-16(28)25-18-6-7-21(19(14-18)20-8-11-24-26(20)5)30-15-17-9-12-27(13-10-17)22(29)31-23(2,3)4/h6-8,11,14,17H,9-10,12-13,15H2,1-5H3,(H,25,28). The third-order valence-electron chi connectivity index (χ3n) is 5.14. The molecule has 0 bridgehead atoms. The second-order valence-electron chi connectivity index (χ2n) is 8.95. The fourth-order valence-corrected chi connectivity index (χ4v) is 3.59. The van der Waals surface area contributed by atoms with E-state index in [0.29, 0.717) is 31.3 Å². The van der Waals surface area contributed by atoms with Crippen LogP contribution in [0.3, 0.4) is 0 Å². The van der Waals surface area contributed by atoms with E-state index < -0.39 is 5.60 Å². The lowest BCUT2D eigenvalue weighted by molar-refractivity contribution is -0.114. The molecule has 1 aromatic heterocycles. The Morgan fingerprint density at radius 3 is 2.48 bits per heavy atom. The van der Waals surface area contributed by atoms with Crippen LogP contribution in [-0.4, -0.2) is 52.0 Å². The normalized spacial score (nSPS) is 14.9. The molecule has 1 fully saturated rings. The van der Waals surface area contributed by atoms with Gasteiger partial charge in [-0.3, -0.25) is 9.48 Å². The summed E-state index contributed by atoms with van der Waals surface area (Å²) in [4.78, 5) is 25.5. The summed E-state index contributed by atoms with van der Waals surface area (Å²) in [6.45, 7) is 9.01. The highest BCUT2D eigenvalue weighted by Crippen LogP contribution is 2.33. The number of anilines is 1. The third kappa shape index (κ3) is 6.23. The van der Waals surface area contributed by atoms with Crippen molar-refractivity contribution in [3.8, 4) is 17.0 Å². The lowest BCUT2D eigenvalue weighted by Gasteiger charge is -2.33. The van der Waals surface area contributed by atoms with Gasteiger partial charge in [0.25, 0.3) is 0 Å². The zero-order valence-electron chi connectivity index (χ0n) is 19.0. The molecule has 3 rings (SSSR count). The van der Waals surface area contributed by atoms with Crippen LogP contribution in [0.25, 0.3) is 11.3 Å². The number of carbonyl (C=O) groups excluding carboxylic acids is 2. The van der Waals surface area contributed by atoms with E-state index in [1.165, 1.54) is 6.92 Å². The maximum atomic E-state index is 12.3. The van der Waals surface area contributed by atoms with Crippen molar-refractivity contribution in [1.29, 1.82) is 0 Å². The lowest BCUT2D eigenvalue weighted by Crippen LogP contribution is -2.42. The Morgan fingerprint density at radius 2 is 1.90 bits per heavy atom. The van der Waals surface area contributed by atoms with Crippen LogP contribution in [-0.2, 0) is 16.6 Å². The van der Waals surface area contributed by atoms with Crippen LogP contribution in [0.15, 0.2) is 30.5 Å². The van der Waals surface area contributed by atoms with Gasteiger partial charge in [0.05, 0.1) is 12.3 Å². The van der Waals surface area contributed by atoms with E-state index in [0.717, 1.165) is 29.8 Å². The van der Waals surface area contributed by atoms with E-state index >= 15 is 0 Å². The first-order chi connectivity index (χ1) is 14.6. The molecule has 0 unspecified atom stereocenters. The van der Waals surface area contributed by atoms with Gasteiger partial charge >= 0.3 is 6.09 Å². The number of piperidine rings is 1. The number of benzene rings is 1. The average Bonchev–Trinajstić information content (AvgIpc) is 3.11. The Bertz CT molecular complexity index is 924. The summed E-state index contributed by atoms with van der Waals surface area (Å²) < 4.78 is 13.4. The van der Waals surface area contributed by atoms with Gasteiger partial charge in [-0.25, -0.2) is 4.79 Å². The van der Waals surface area contributed by atoms with E-state index in [-0.39, 0.29) is 12.0 Å². The monoisotopic (exact) mass is 428 g/mol. The minimum Gasteiger partial charge on any atom is -0.493 e. The fourth-order valence-electron chi connectivity index (χ4n) is 3.59. The minimum absolute atomic E-state index is 0.124. The molecule has 0 aliphatic carbocycles. The molecule has 1 aliphatic heterocycles. The second-order valence-corrected chi connectivity index (χ2v) is 8.95. The predicted octanol–water partition coefficient (Wildman–Crippen LogP) is 4.07. The summed E-state index contributed by atoms with van der Waals surface area (Å²) in [7, 11) is 1.87. The van der Waals surface area contributed by atoms with Crippen LogP contribution in [0, 0.1) is 5.92 Å². The van der Waals surface area contributed by atoms with Crippen LogP contribution in [0.5, 0.6) is 5.75 Å². The van der Waals surface area contributed by atoms with E-state index in [1.54, 1.807) is 15.8 Å². The van der Waals surface area contributed by atoms with E-state index in [9.17, 15) is 9.59 Å². The van der Waals surface area contributed by atoms with Crippen molar-refractivity contribution in [3.05, 3.63) is 30.5 Å². The Kier molecular flexibility index (Phi) is 6.87. The molecule has 0 radical (unpaired) electrons. The number of likely N-dealkylation sites (tertiary alicyclic amines) is 1. The molecule has 1 saturated heterocycles. The fraction of sp³-hybridized carbons (Fsp3) is 0.522. The average molecular weight is 429 g/mol. The number of hydrogen-bond acceptors (Lipinski definition) is 5. The van der Waals surface area contributed by atoms with E-state index in [2.05, 4.69) is 10.4 Å². The molecule has 2 heterocycles. The van der Waals surface area contributed by atoms with Gasteiger partial charge in [0.2, 0.25) is 5.91 Å². The van der Waals surface area contributed by atoms with Gasteiger partial charge in [-0.2, -0.15) is 5.10 Å². The summed E-state index contributed by atoms with van der Waals surface area (Å²) in [5.41, 5.74) is 2.00. The Labute approximate surface area is 183 Å². The first kappa shape index (κ1) is 22.7.